The fourth-order valence-corrected chi connectivity index (χ4v) is 2.82. The molecule has 38 heavy (non-hydrogen) atoms. The lowest BCUT2D eigenvalue weighted by atomic mass is 10.2. The average molecular weight is 529 g/mol. The molecular formula is C27H28O11. The molecule has 1 aromatic carbocycles. The smallest absolute Gasteiger partial charge is 0.371 e. The van der Waals surface area contributed by atoms with Gasteiger partial charge in [-0.25, -0.2) is 9.59 Å². The second-order valence-corrected chi connectivity index (χ2v) is 7.19. The highest BCUT2D eigenvalue weighted by atomic mass is 16.5. The number of methoxy groups -OCH3 is 1. The predicted molar refractivity (Wildman–Crippen MR) is 140 cm³/mol. The molecule has 0 bridgehead atoms. The minimum Gasteiger partial charge on any atom is -0.490 e. The van der Waals surface area contributed by atoms with E-state index in [4.69, 9.17) is 28.5 Å². The monoisotopic (exact) mass is 528 g/mol. The molecule has 11 heteroatoms. The van der Waals surface area contributed by atoms with Crippen molar-refractivity contribution in [3.63, 3.8) is 0 Å². The number of hydrogen-bond acceptors (Lipinski definition) is 9. The van der Waals surface area contributed by atoms with Crippen molar-refractivity contribution in [2.24, 2.45) is 0 Å². The molecule has 3 rings (SSSR count). The second-order valence-electron chi connectivity index (χ2n) is 7.19. The molecule has 0 fully saturated rings. The highest BCUT2D eigenvalue weighted by Gasteiger charge is 2.15. The number of carbonyl (C=O) groups is 2. The lowest BCUT2D eigenvalue weighted by Crippen LogP contribution is -2.23. The number of aliphatic hydroxyl groups excluding tert-OH is 1. The van der Waals surface area contributed by atoms with Gasteiger partial charge in [-0.05, 0) is 25.1 Å². The molecule has 1 unspecified atom stereocenters. The summed E-state index contributed by atoms with van der Waals surface area (Å²) in [5.41, 5.74) is -0.399. The van der Waals surface area contributed by atoms with E-state index in [0.717, 1.165) is 12.1 Å². The Morgan fingerprint density at radius 3 is 2.21 bits per heavy atom. The maximum atomic E-state index is 12.0. The number of rotatable bonds is 9. The molecule has 1 atom stereocenters. The number of ether oxygens (including phenoxy) is 2. The average Bonchev–Trinajstić information content (AvgIpc) is 2.89. The fraction of sp³-hybridized carbons (Fsp3) is 0.185. The third kappa shape index (κ3) is 8.73. The van der Waals surface area contributed by atoms with Crippen LogP contribution in [0.25, 0.3) is 17.0 Å². The fourth-order valence-electron chi connectivity index (χ4n) is 2.82. The van der Waals surface area contributed by atoms with Gasteiger partial charge in [-0.15, -0.1) is 13.2 Å². The first-order chi connectivity index (χ1) is 18.1. The molecule has 202 valence electrons. The summed E-state index contributed by atoms with van der Waals surface area (Å²) in [6, 6.07) is 6.43. The van der Waals surface area contributed by atoms with Crippen molar-refractivity contribution in [2.75, 3.05) is 20.3 Å². The highest BCUT2D eigenvalue weighted by molar-refractivity contribution is 5.89. The first-order valence-corrected chi connectivity index (χ1v) is 10.9. The van der Waals surface area contributed by atoms with Gasteiger partial charge < -0.3 is 33.6 Å². The Kier molecular flexibility index (Phi) is 12.7. The van der Waals surface area contributed by atoms with Gasteiger partial charge in [0.2, 0.25) is 11.5 Å². The van der Waals surface area contributed by atoms with Crippen molar-refractivity contribution in [1.82, 2.24) is 0 Å². The van der Waals surface area contributed by atoms with E-state index in [0.29, 0.717) is 5.56 Å². The molecule has 3 N–H and O–H groups in total. The maximum absolute atomic E-state index is 12.0. The van der Waals surface area contributed by atoms with E-state index in [2.05, 4.69) is 19.7 Å². The van der Waals surface area contributed by atoms with Gasteiger partial charge in [-0.1, -0.05) is 24.8 Å². The lowest BCUT2D eigenvalue weighted by Gasteiger charge is -2.12. The summed E-state index contributed by atoms with van der Waals surface area (Å²) < 4.78 is 20.3. The summed E-state index contributed by atoms with van der Waals surface area (Å²) in [5, 5.41) is 27.2. The third-order valence-electron chi connectivity index (χ3n) is 4.53. The minimum absolute atomic E-state index is 0.0624. The third-order valence-corrected chi connectivity index (χ3v) is 4.53. The van der Waals surface area contributed by atoms with Crippen molar-refractivity contribution in [2.45, 2.75) is 13.0 Å². The summed E-state index contributed by atoms with van der Waals surface area (Å²) in [5.74, 6) is -2.94. The number of benzene rings is 1. The van der Waals surface area contributed by atoms with Crippen LogP contribution >= 0.6 is 0 Å². The quantitative estimate of drug-likeness (QED) is 0.274. The van der Waals surface area contributed by atoms with Crippen LogP contribution in [0.2, 0.25) is 0 Å². The van der Waals surface area contributed by atoms with Crippen molar-refractivity contribution in [1.29, 1.82) is 0 Å². The topological polar surface area (TPSA) is 174 Å². The number of hydrogen-bond donors (Lipinski definition) is 3. The summed E-state index contributed by atoms with van der Waals surface area (Å²) >= 11 is 0. The molecule has 11 nitrogen and oxygen atoms in total. The lowest BCUT2D eigenvalue weighted by molar-refractivity contribution is 0.0329. The van der Waals surface area contributed by atoms with Crippen LogP contribution in [0, 0.1) is 6.92 Å². The van der Waals surface area contributed by atoms with Gasteiger partial charge in [0.05, 0.1) is 6.61 Å². The SMILES string of the molecule is C=C.C=C/C=C\c1oc(C(=O)O)cc(=O)c1C.COCC(O)COc1cccc2oc(C(=O)O)cc(=O)c12. The van der Waals surface area contributed by atoms with E-state index in [1.54, 1.807) is 25.1 Å². The molecule has 0 aliphatic carbocycles. The normalized spacial score (nSPS) is 11.0. The van der Waals surface area contributed by atoms with Gasteiger partial charge in [0.15, 0.2) is 10.9 Å². The molecule has 2 aromatic heterocycles. The molecule has 0 amide bonds. The van der Waals surface area contributed by atoms with Crippen LogP contribution in [0.3, 0.4) is 0 Å². The number of allylic oxidation sites excluding steroid dienone is 2. The van der Waals surface area contributed by atoms with Gasteiger partial charge in [-0.2, -0.15) is 0 Å². The zero-order valence-electron chi connectivity index (χ0n) is 20.8. The van der Waals surface area contributed by atoms with E-state index in [-0.39, 0.29) is 46.9 Å². The maximum Gasteiger partial charge on any atom is 0.371 e. The van der Waals surface area contributed by atoms with Crippen molar-refractivity contribution in [3.8, 4) is 5.75 Å². The number of aliphatic hydroxyl groups is 1. The molecule has 0 saturated carbocycles. The second kappa shape index (κ2) is 15.4. The van der Waals surface area contributed by atoms with E-state index < -0.39 is 29.2 Å². The molecule has 0 aliphatic rings. The highest BCUT2D eigenvalue weighted by Crippen LogP contribution is 2.23. The summed E-state index contributed by atoms with van der Waals surface area (Å²) in [7, 11) is 1.45. The van der Waals surface area contributed by atoms with Crippen LogP contribution in [0.4, 0.5) is 0 Å². The van der Waals surface area contributed by atoms with Gasteiger partial charge in [0.1, 0.15) is 35.2 Å². The number of aromatic carboxylic acids is 2. The van der Waals surface area contributed by atoms with E-state index >= 15 is 0 Å². The Morgan fingerprint density at radius 1 is 1.03 bits per heavy atom. The Hall–Kier alpha value is -4.74. The standard InChI is InChI=1S/C14H14O7.C11H10O4.C2H4/c1-19-6-8(15)7-20-10-3-2-4-11-13(10)9(16)5-12(21-11)14(17)18;1-3-4-5-9-7(2)8(12)6-10(15-9)11(13)14;1-2/h2-5,8,15H,6-7H2,1H3,(H,17,18);3-6H,1H2,2H3,(H,13,14);1-2H2/b;5-4-;. The van der Waals surface area contributed by atoms with Crippen LogP contribution < -0.4 is 15.6 Å². The van der Waals surface area contributed by atoms with Gasteiger partial charge in [0, 0.05) is 24.8 Å². The largest absolute Gasteiger partial charge is 0.490 e. The zero-order chi connectivity index (χ0) is 28.8. The predicted octanol–water partition coefficient (Wildman–Crippen LogP) is 3.53. The van der Waals surface area contributed by atoms with Crippen LogP contribution in [0.1, 0.15) is 32.4 Å². The molecule has 0 aliphatic heterocycles. The molecule has 3 aromatic rings. The summed E-state index contributed by atoms with van der Waals surface area (Å²) in [6.07, 6.45) is 3.73. The Morgan fingerprint density at radius 2 is 1.63 bits per heavy atom. The number of fused-ring (bicyclic) bond motifs is 1. The van der Waals surface area contributed by atoms with Crippen molar-refractivity contribution >= 4 is 29.0 Å². The molecule has 0 saturated heterocycles. The van der Waals surface area contributed by atoms with E-state index in [1.165, 1.54) is 25.3 Å². The molecule has 0 spiro atoms. The van der Waals surface area contributed by atoms with E-state index in [1.807, 2.05) is 0 Å². The van der Waals surface area contributed by atoms with E-state index in [9.17, 15) is 24.3 Å². The van der Waals surface area contributed by atoms with Crippen molar-refractivity contribution < 1.29 is 43.2 Å². The summed E-state index contributed by atoms with van der Waals surface area (Å²) in [4.78, 5) is 44.8. The Balaban J connectivity index is 0.000000375. The van der Waals surface area contributed by atoms with Gasteiger partial charge >= 0.3 is 11.9 Å². The summed E-state index contributed by atoms with van der Waals surface area (Å²) in [6.45, 7) is 11.1. The first kappa shape index (κ1) is 31.3. The minimum atomic E-state index is -1.32. The molecule has 2 heterocycles. The van der Waals surface area contributed by atoms with Crippen molar-refractivity contribution in [3.05, 3.63) is 106 Å². The Labute approximate surface area is 217 Å². The van der Waals surface area contributed by atoms with Crippen LogP contribution in [0.15, 0.2) is 80.6 Å². The molecular weight excluding hydrogens is 500 g/mol. The van der Waals surface area contributed by atoms with Gasteiger partial charge in [-0.3, -0.25) is 9.59 Å². The van der Waals surface area contributed by atoms with Crippen LogP contribution in [-0.2, 0) is 4.74 Å². The molecule has 0 radical (unpaired) electrons. The van der Waals surface area contributed by atoms with Crippen LogP contribution in [0.5, 0.6) is 5.75 Å². The number of carboxylic acid groups (broad SMARTS) is 2. The zero-order valence-corrected chi connectivity index (χ0v) is 20.8. The number of carboxylic acids is 2. The van der Waals surface area contributed by atoms with Crippen LogP contribution in [-0.4, -0.2) is 53.7 Å². The first-order valence-electron chi connectivity index (χ1n) is 10.9. The van der Waals surface area contributed by atoms with Gasteiger partial charge in [0.25, 0.3) is 0 Å². The Bertz CT molecular complexity index is 1410.